The van der Waals surface area contributed by atoms with Gasteiger partial charge in [0.25, 0.3) is 0 Å². The summed E-state index contributed by atoms with van der Waals surface area (Å²) in [6.45, 7) is 4.29. The first-order chi connectivity index (χ1) is 31.9. The van der Waals surface area contributed by atoms with Gasteiger partial charge in [0.2, 0.25) is 0 Å². The van der Waals surface area contributed by atoms with Crippen molar-refractivity contribution in [3.8, 4) is 44.5 Å². The van der Waals surface area contributed by atoms with Crippen LogP contribution in [-0.4, -0.2) is 0 Å². The Bertz CT molecular complexity index is 3460. The molecule has 3 aliphatic carbocycles. The molecule has 0 N–H and O–H groups in total. The van der Waals surface area contributed by atoms with Crippen molar-refractivity contribution in [1.29, 1.82) is 0 Å². The second-order valence-electron chi connectivity index (χ2n) is 14.2. The summed E-state index contributed by atoms with van der Waals surface area (Å²) in [4.78, 5) is 1.85. The van der Waals surface area contributed by atoms with Gasteiger partial charge in [0.15, 0.2) is 0 Å². The standard InChI is InChI=1S/C52H37N/c1-51(2)44-23-11-6-19-38(44)42-30-28-35(32-48(42)51)53(50-27-15-10-18-37(50)34-16-4-3-5-17-34)36-29-31-43-41-22-9-14-26-47(41)52(49(43)33-36)45-24-12-7-20-39(45)40-21-8-13-25-46(40)52/h3-33H,1-2H3/i7D,8D,9D,12D,13D,14D,20D,21D,22D,24D,25D,26D,29D,31D. The minimum atomic E-state index is -2.27. The lowest BCUT2D eigenvalue weighted by molar-refractivity contribution is 0.660. The monoisotopic (exact) mass is 689 g/mol. The van der Waals surface area contributed by atoms with Crippen LogP contribution in [0, 0.1) is 0 Å². The highest BCUT2D eigenvalue weighted by Crippen LogP contribution is 2.63. The van der Waals surface area contributed by atoms with Crippen LogP contribution < -0.4 is 4.90 Å². The normalized spacial score (nSPS) is 18.2. The van der Waals surface area contributed by atoms with E-state index in [1.807, 2.05) is 83.8 Å². The van der Waals surface area contributed by atoms with Crippen LogP contribution in [0.25, 0.3) is 44.5 Å². The number of benzene rings is 8. The van der Waals surface area contributed by atoms with E-state index < -0.39 is 89.4 Å². The van der Waals surface area contributed by atoms with E-state index in [2.05, 4.69) is 32.0 Å². The van der Waals surface area contributed by atoms with E-state index in [1.165, 1.54) is 0 Å². The Morgan fingerprint density at radius 1 is 0.396 bits per heavy atom. The average molecular weight is 690 g/mol. The van der Waals surface area contributed by atoms with Gasteiger partial charge in [-0.3, -0.25) is 0 Å². The van der Waals surface area contributed by atoms with Crippen LogP contribution >= 0.6 is 0 Å². The van der Waals surface area contributed by atoms with Crippen LogP contribution in [0.4, 0.5) is 17.1 Å². The quantitative estimate of drug-likeness (QED) is 0.178. The highest BCUT2D eigenvalue weighted by atomic mass is 15.1. The van der Waals surface area contributed by atoms with Crippen molar-refractivity contribution in [2.45, 2.75) is 24.7 Å². The van der Waals surface area contributed by atoms with Crippen LogP contribution in [0.15, 0.2) is 188 Å². The van der Waals surface area contributed by atoms with Gasteiger partial charge in [0.1, 0.15) is 0 Å². The minimum Gasteiger partial charge on any atom is -0.310 e. The highest BCUT2D eigenvalue weighted by molar-refractivity contribution is 5.97. The summed E-state index contributed by atoms with van der Waals surface area (Å²) in [7, 11) is 0. The number of nitrogens with zero attached hydrogens (tertiary/aromatic N) is 1. The number of hydrogen-bond acceptors (Lipinski definition) is 1. The molecule has 53 heavy (non-hydrogen) atoms. The molecule has 0 aliphatic heterocycles. The zero-order chi connectivity index (χ0) is 47.5. The molecule has 0 aromatic heterocycles. The van der Waals surface area contributed by atoms with Gasteiger partial charge in [-0.05, 0) is 103 Å². The van der Waals surface area contributed by atoms with Gasteiger partial charge in [-0.2, -0.15) is 0 Å². The van der Waals surface area contributed by atoms with Crippen molar-refractivity contribution in [2.24, 2.45) is 0 Å². The van der Waals surface area contributed by atoms with Gasteiger partial charge in [0, 0.05) is 22.4 Å². The molecule has 0 radical (unpaired) electrons. The smallest absolute Gasteiger partial charge is 0.0726 e. The molecule has 0 heterocycles. The predicted molar refractivity (Wildman–Crippen MR) is 220 cm³/mol. The summed E-state index contributed by atoms with van der Waals surface area (Å²) >= 11 is 0. The molecule has 1 heteroatoms. The fraction of sp³-hybridized carbons (Fsp3) is 0.0769. The molecule has 0 bridgehead atoms. The molecule has 1 spiro atoms. The summed E-state index contributed by atoms with van der Waals surface area (Å²) in [5, 5.41) is 0. The molecular weight excluding hydrogens is 639 g/mol. The third-order valence-corrected chi connectivity index (χ3v) is 11.3. The van der Waals surface area contributed by atoms with Gasteiger partial charge in [-0.1, -0.05) is 171 Å². The Kier molecular flexibility index (Phi) is 4.04. The molecule has 250 valence electrons. The Balaban J connectivity index is 1.34. The maximum Gasteiger partial charge on any atom is 0.0726 e. The van der Waals surface area contributed by atoms with Crippen LogP contribution in [0.5, 0.6) is 0 Å². The molecule has 0 amide bonds. The third kappa shape index (κ3) is 4.02. The average Bonchev–Trinajstić information content (AvgIpc) is 3.90. The van der Waals surface area contributed by atoms with Gasteiger partial charge in [0.05, 0.1) is 30.3 Å². The Morgan fingerprint density at radius 3 is 1.60 bits per heavy atom. The van der Waals surface area contributed by atoms with Crippen molar-refractivity contribution in [2.75, 3.05) is 4.90 Å². The largest absolute Gasteiger partial charge is 0.310 e. The summed E-state index contributed by atoms with van der Waals surface area (Å²) < 4.78 is 130. The summed E-state index contributed by atoms with van der Waals surface area (Å²) in [5.41, 5.74) is 2.95. The second-order valence-corrected chi connectivity index (χ2v) is 14.2. The van der Waals surface area contributed by atoms with Crippen molar-refractivity contribution in [3.63, 3.8) is 0 Å². The number of rotatable bonds is 4. The molecule has 0 saturated heterocycles. The van der Waals surface area contributed by atoms with Crippen LogP contribution in [0.1, 0.15) is 66.4 Å². The van der Waals surface area contributed by atoms with Crippen molar-refractivity contribution < 1.29 is 19.2 Å². The van der Waals surface area contributed by atoms with Crippen LogP contribution in [-0.2, 0) is 10.8 Å². The lowest BCUT2D eigenvalue weighted by Gasteiger charge is -2.33. The Hall–Kier alpha value is -6.44. The molecule has 1 nitrogen and oxygen atoms in total. The van der Waals surface area contributed by atoms with E-state index in [0.29, 0.717) is 11.4 Å². The summed E-state index contributed by atoms with van der Waals surface area (Å²) in [6, 6.07) is 24.6. The lowest BCUT2D eigenvalue weighted by Crippen LogP contribution is -2.26. The molecule has 11 rings (SSSR count). The molecule has 8 aromatic rings. The molecular formula is C52H37N. The molecule has 0 saturated carbocycles. The molecule has 0 atom stereocenters. The Labute approximate surface area is 331 Å². The maximum atomic E-state index is 10.0. The second kappa shape index (κ2) is 11.0. The summed E-state index contributed by atoms with van der Waals surface area (Å²) in [6.07, 6.45) is 0. The van der Waals surface area contributed by atoms with E-state index >= 15 is 0 Å². The number of anilines is 3. The van der Waals surface area contributed by atoms with E-state index in [9.17, 15) is 11.0 Å². The SMILES string of the molecule is [2H]c1c(N(c2ccc3c(c2)C(C)(C)c2ccccc2-3)c2ccccc2-c2ccccc2)cc2c(c1[2H])-c1c([2H])c([2H])c([2H])c([2H])c1C21c2c([2H])c([2H])c([2H])c([2H])c2-c2c([2H])c([2H])c([2H])c([2H])c21. The first-order valence-corrected chi connectivity index (χ1v) is 17.6. The highest BCUT2D eigenvalue weighted by Gasteiger charge is 2.51. The maximum absolute atomic E-state index is 10.0. The first-order valence-electron chi connectivity index (χ1n) is 24.6. The van der Waals surface area contributed by atoms with Crippen molar-refractivity contribution >= 4 is 17.1 Å². The van der Waals surface area contributed by atoms with Crippen molar-refractivity contribution in [1.82, 2.24) is 0 Å². The fourth-order valence-corrected chi connectivity index (χ4v) is 8.94. The third-order valence-electron chi connectivity index (χ3n) is 11.3. The number of fused-ring (bicyclic) bond motifs is 13. The van der Waals surface area contributed by atoms with E-state index in [0.717, 1.165) is 33.4 Å². The van der Waals surface area contributed by atoms with Gasteiger partial charge >= 0.3 is 0 Å². The van der Waals surface area contributed by atoms with E-state index in [1.54, 1.807) is 6.07 Å². The molecule has 0 unspecified atom stereocenters. The van der Waals surface area contributed by atoms with Crippen LogP contribution in [0.2, 0.25) is 0 Å². The minimum absolute atomic E-state index is 0.0108. The van der Waals surface area contributed by atoms with Gasteiger partial charge < -0.3 is 4.90 Å². The molecule has 3 aliphatic rings. The molecule has 0 fully saturated rings. The van der Waals surface area contributed by atoms with E-state index in [-0.39, 0.29) is 56.2 Å². The summed E-state index contributed by atoms with van der Waals surface area (Å²) in [5.74, 6) is 0. The van der Waals surface area contributed by atoms with Crippen molar-refractivity contribution in [3.05, 3.63) is 221 Å². The zero-order valence-corrected chi connectivity index (χ0v) is 28.8. The van der Waals surface area contributed by atoms with E-state index in [4.69, 9.17) is 8.22 Å². The zero-order valence-electron chi connectivity index (χ0n) is 42.8. The number of para-hydroxylation sites is 1. The Morgan fingerprint density at radius 2 is 0.925 bits per heavy atom. The predicted octanol–water partition coefficient (Wildman–Crippen LogP) is 13.5. The fourth-order valence-electron chi connectivity index (χ4n) is 8.94. The first kappa shape index (κ1) is 19.4. The van der Waals surface area contributed by atoms with Gasteiger partial charge in [-0.15, -0.1) is 0 Å². The topological polar surface area (TPSA) is 3.24 Å². The lowest BCUT2D eigenvalue weighted by atomic mass is 9.70. The number of hydrogen-bond donors (Lipinski definition) is 0. The molecule has 8 aromatic carbocycles. The van der Waals surface area contributed by atoms with Gasteiger partial charge in [-0.25, -0.2) is 0 Å². The van der Waals surface area contributed by atoms with Crippen LogP contribution in [0.3, 0.4) is 0 Å².